The molecule has 6 nitrogen and oxygen atoms in total. The van der Waals surface area contributed by atoms with E-state index in [0.717, 1.165) is 54.2 Å². The second-order valence-electron chi connectivity index (χ2n) is 7.66. The Bertz CT molecular complexity index is 961. The van der Waals surface area contributed by atoms with Gasteiger partial charge in [0.05, 0.1) is 10.7 Å². The highest BCUT2D eigenvalue weighted by molar-refractivity contribution is 6.34. The Kier molecular flexibility index (Phi) is 5.02. The van der Waals surface area contributed by atoms with Crippen LogP contribution >= 0.6 is 11.6 Å². The summed E-state index contributed by atoms with van der Waals surface area (Å²) in [6, 6.07) is 6.46. The zero-order valence-electron chi connectivity index (χ0n) is 16.0. The second kappa shape index (κ2) is 7.44. The maximum atomic E-state index is 6.63. The maximum absolute atomic E-state index is 6.63. The molecular formula is C20H29ClN6. The number of hydrogen-bond acceptors (Lipinski definition) is 5. The van der Waals surface area contributed by atoms with Gasteiger partial charge in [-0.25, -0.2) is 9.97 Å². The van der Waals surface area contributed by atoms with E-state index in [9.17, 15) is 0 Å². The van der Waals surface area contributed by atoms with Crippen LogP contribution in [0, 0.1) is 12.8 Å². The van der Waals surface area contributed by atoms with E-state index < -0.39 is 0 Å². The topological polar surface area (TPSA) is 69.7 Å². The summed E-state index contributed by atoms with van der Waals surface area (Å²) in [7, 11) is 0. The SMILES string of the molecule is Cc1cc(N2CCN[C@@H](CC(C)C)C2)nc(-c2[nH]nc3ncccc23)c1Cl.[HH].[HH]. The largest absolute Gasteiger partial charge is 0.354 e. The number of fused-ring (bicyclic) bond motifs is 1. The quantitative estimate of drug-likeness (QED) is 0.697. The number of anilines is 1. The van der Waals surface area contributed by atoms with Crippen molar-refractivity contribution >= 4 is 28.5 Å². The second-order valence-corrected chi connectivity index (χ2v) is 8.04. The minimum Gasteiger partial charge on any atom is -0.354 e. The van der Waals surface area contributed by atoms with Gasteiger partial charge in [-0.15, -0.1) is 0 Å². The summed E-state index contributed by atoms with van der Waals surface area (Å²) >= 11 is 6.63. The van der Waals surface area contributed by atoms with Crippen LogP contribution in [0.1, 0.15) is 28.7 Å². The lowest BCUT2D eigenvalue weighted by molar-refractivity contribution is 0.387. The molecule has 0 radical (unpaired) electrons. The number of hydrogen-bond donors (Lipinski definition) is 2. The van der Waals surface area contributed by atoms with E-state index in [0.29, 0.717) is 22.6 Å². The highest BCUT2D eigenvalue weighted by Crippen LogP contribution is 2.34. The fourth-order valence-corrected chi connectivity index (χ4v) is 3.95. The molecule has 7 heteroatoms. The number of piperazine rings is 1. The first-order valence-corrected chi connectivity index (χ1v) is 9.85. The molecule has 146 valence electrons. The third kappa shape index (κ3) is 3.64. The van der Waals surface area contributed by atoms with Crippen molar-refractivity contribution < 1.29 is 2.85 Å². The predicted octanol–water partition coefficient (Wildman–Crippen LogP) is 4.30. The minimum absolute atomic E-state index is 0. The Labute approximate surface area is 167 Å². The summed E-state index contributed by atoms with van der Waals surface area (Å²) in [5.41, 5.74) is 3.25. The third-order valence-corrected chi connectivity index (χ3v) is 5.51. The van der Waals surface area contributed by atoms with Gasteiger partial charge in [0.2, 0.25) is 0 Å². The maximum Gasteiger partial charge on any atom is 0.181 e. The van der Waals surface area contributed by atoms with Crippen LogP contribution in [0.4, 0.5) is 5.82 Å². The standard InChI is InChI=1S/C20H25ClN6.2H2/c1-12(2)9-14-11-27(8-7-22-14)16-10-13(3)17(21)19(24-16)18-15-5-4-6-23-20(15)26-25-18;;/h4-6,10,12,14,22H,7-9,11H2,1-3H3,(H,23,25,26);2*1H/t14-;;/m0../s1. The number of aromatic amines is 1. The summed E-state index contributed by atoms with van der Waals surface area (Å²) in [6.45, 7) is 9.42. The van der Waals surface area contributed by atoms with Crippen LogP contribution < -0.4 is 10.2 Å². The molecule has 1 fully saturated rings. The Morgan fingerprint density at radius 3 is 3.07 bits per heavy atom. The molecule has 1 saturated heterocycles. The first kappa shape index (κ1) is 18.2. The lowest BCUT2D eigenvalue weighted by atomic mass is 10.0. The summed E-state index contributed by atoms with van der Waals surface area (Å²) in [5.74, 6) is 1.63. The van der Waals surface area contributed by atoms with Crippen LogP contribution in [0.15, 0.2) is 24.4 Å². The van der Waals surface area contributed by atoms with Gasteiger partial charge in [0.1, 0.15) is 11.5 Å². The molecule has 0 saturated carbocycles. The van der Waals surface area contributed by atoms with Crippen molar-refractivity contribution in [2.45, 2.75) is 33.2 Å². The Morgan fingerprint density at radius 1 is 1.41 bits per heavy atom. The van der Waals surface area contributed by atoms with Crippen LogP contribution in [0.5, 0.6) is 0 Å². The van der Waals surface area contributed by atoms with Crippen molar-refractivity contribution in [3.8, 4) is 11.4 Å². The predicted molar refractivity (Wildman–Crippen MR) is 115 cm³/mol. The molecule has 2 N–H and O–H groups in total. The normalized spacial score (nSPS) is 17.8. The van der Waals surface area contributed by atoms with Crippen molar-refractivity contribution in [1.82, 2.24) is 25.5 Å². The molecule has 1 aliphatic rings. The number of aromatic nitrogens is 4. The zero-order chi connectivity index (χ0) is 19.0. The zero-order valence-corrected chi connectivity index (χ0v) is 16.7. The number of aryl methyl sites for hydroxylation is 1. The molecule has 1 aliphatic heterocycles. The molecule has 0 aliphatic carbocycles. The number of rotatable bonds is 4. The molecule has 0 amide bonds. The number of H-pyrrole nitrogens is 1. The molecule has 0 unspecified atom stereocenters. The van der Waals surface area contributed by atoms with Crippen molar-refractivity contribution in [2.24, 2.45) is 5.92 Å². The van der Waals surface area contributed by atoms with Crippen LogP contribution in [-0.2, 0) is 0 Å². The number of nitrogens with zero attached hydrogens (tertiary/aromatic N) is 4. The van der Waals surface area contributed by atoms with E-state index in [1.807, 2.05) is 19.1 Å². The first-order chi connectivity index (χ1) is 13.0. The lowest BCUT2D eigenvalue weighted by Crippen LogP contribution is -2.51. The van der Waals surface area contributed by atoms with Gasteiger partial charge < -0.3 is 10.2 Å². The molecule has 0 aromatic carbocycles. The van der Waals surface area contributed by atoms with Gasteiger partial charge in [-0.3, -0.25) is 5.10 Å². The Morgan fingerprint density at radius 2 is 2.26 bits per heavy atom. The van der Waals surface area contributed by atoms with E-state index in [4.69, 9.17) is 16.6 Å². The summed E-state index contributed by atoms with van der Waals surface area (Å²) < 4.78 is 0. The third-order valence-electron chi connectivity index (χ3n) is 5.03. The summed E-state index contributed by atoms with van der Waals surface area (Å²) in [5, 5.41) is 12.6. The van der Waals surface area contributed by atoms with Gasteiger partial charge in [-0.2, -0.15) is 5.10 Å². The van der Waals surface area contributed by atoms with E-state index >= 15 is 0 Å². The van der Waals surface area contributed by atoms with Crippen LogP contribution in [0.2, 0.25) is 5.02 Å². The van der Waals surface area contributed by atoms with Crippen molar-refractivity contribution in [3.05, 3.63) is 35.0 Å². The molecule has 27 heavy (non-hydrogen) atoms. The Balaban J connectivity index is 0.00000150. The van der Waals surface area contributed by atoms with Crippen molar-refractivity contribution in [3.63, 3.8) is 0 Å². The van der Waals surface area contributed by atoms with E-state index in [1.165, 1.54) is 0 Å². The van der Waals surface area contributed by atoms with Gasteiger partial charge in [0.25, 0.3) is 0 Å². The first-order valence-electron chi connectivity index (χ1n) is 9.48. The van der Waals surface area contributed by atoms with Crippen molar-refractivity contribution in [2.75, 3.05) is 24.5 Å². The van der Waals surface area contributed by atoms with Gasteiger partial charge in [0.15, 0.2) is 5.65 Å². The molecule has 3 aromatic rings. The highest BCUT2D eigenvalue weighted by Gasteiger charge is 2.23. The fraction of sp³-hybridized carbons (Fsp3) is 0.450. The molecule has 4 rings (SSSR count). The lowest BCUT2D eigenvalue weighted by Gasteiger charge is -2.35. The van der Waals surface area contributed by atoms with E-state index in [-0.39, 0.29) is 2.85 Å². The van der Waals surface area contributed by atoms with E-state index in [1.54, 1.807) is 6.20 Å². The molecule has 1 atom stereocenters. The minimum atomic E-state index is 0. The van der Waals surface area contributed by atoms with E-state index in [2.05, 4.69) is 45.3 Å². The van der Waals surface area contributed by atoms with Crippen LogP contribution in [-0.4, -0.2) is 45.8 Å². The average Bonchev–Trinajstić information content (AvgIpc) is 3.07. The van der Waals surface area contributed by atoms with Crippen LogP contribution in [0.25, 0.3) is 22.4 Å². The number of pyridine rings is 2. The van der Waals surface area contributed by atoms with Crippen molar-refractivity contribution in [1.29, 1.82) is 0 Å². The van der Waals surface area contributed by atoms with Gasteiger partial charge in [-0.1, -0.05) is 25.4 Å². The number of halogens is 1. The highest BCUT2D eigenvalue weighted by atomic mass is 35.5. The summed E-state index contributed by atoms with van der Waals surface area (Å²) in [4.78, 5) is 11.6. The molecule has 3 aromatic heterocycles. The molecule has 0 bridgehead atoms. The van der Waals surface area contributed by atoms with Gasteiger partial charge in [0, 0.05) is 40.1 Å². The van der Waals surface area contributed by atoms with Gasteiger partial charge >= 0.3 is 0 Å². The summed E-state index contributed by atoms with van der Waals surface area (Å²) in [6.07, 6.45) is 2.89. The number of nitrogens with one attached hydrogen (secondary N) is 2. The average molecular weight is 389 g/mol. The smallest absolute Gasteiger partial charge is 0.181 e. The van der Waals surface area contributed by atoms with Gasteiger partial charge in [-0.05, 0) is 43.0 Å². The molecule has 4 heterocycles. The molecule has 0 spiro atoms. The monoisotopic (exact) mass is 388 g/mol. The van der Waals surface area contributed by atoms with Crippen LogP contribution in [0.3, 0.4) is 0 Å². The Hall–Kier alpha value is -2.18. The fourth-order valence-electron chi connectivity index (χ4n) is 3.76. The molecular weight excluding hydrogens is 360 g/mol.